The summed E-state index contributed by atoms with van der Waals surface area (Å²) in [5.74, 6) is -2.55. The second-order valence-corrected chi connectivity index (χ2v) is 11.4. The molecule has 6 nitrogen and oxygen atoms in total. The van der Waals surface area contributed by atoms with E-state index in [2.05, 4.69) is 12.2 Å². The smallest absolute Gasteiger partial charge is 0.394 e. The van der Waals surface area contributed by atoms with Gasteiger partial charge in [0, 0.05) is 18.7 Å². The van der Waals surface area contributed by atoms with E-state index in [1.165, 1.54) is 67.6 Å². The number of carboxylic acids is 1. The van der Waals surface area contributed by atoms with Crippen molar-refractivity contribution in [3.8, 4) is 0 Å². The highest BCUT2D eigenvalue weighted by atomic mass is 32.1. The van der Waals surface area contributed by atoms with Gasteiger partial charge in [-0.2, -0.15) is 11.3 Å². The molecule has 7 heteroatoms. The van der Waals surface area contributed by atoms with Crippen LogP contribution in [-0.2, 0) is 22.6 Å². The third kappa shape index (κ3) is 11.2. The second kappa shape index (κ2) is 18.1. The minimum Gasteiger partial charge on any atom is -0.474 e. The molecular weight excluding hydrogens is 532 g/mol. The molecule has 2 aromatic carbocycles. The van der Waals surface area contributed by atoms with Gasteiger partial charge < -0.3 is 15.3 Å². The van der Waals surface area contributed by atoms with E-state index in [1.807, 2.05) is 47.2 Å². The fourth-order valence-corrected chi connectivity index (χ4v) is 5.74. The van der Waals surface area contributed by atoms with Crippen LogP contribution in [0.3, 0.4) is 0 Å². The summed E-state index contributed by atoms with van der Waals surface area (Å²) < 4.78 is 0. The topological polar surface area (TPSA) is 86.7 Å². The molecule has 3 rings (SSSR count). The van der Waals surface area contributed by atoms with E-state index in [-0.39, 0.29) is 12.5 Å². The molecule has 220 valence electrons. The minimum absolute atomic E-state index is 0.119. The van der Waals surface area contributed by atoms with Crippen LogP contribution in [0.25, 0.3) is 0 Å². The van der Waals surface area contributed by atoms with Crippen molar-refractivity contribution in [3.05, 3.63) is 93.7 Å². The van der Waals surface area contributed by atoms with Crippen molar-refractivity contribution in [2.24, 2.45) is 0 Å². The maximum Gasteiger partial charge on any atom is 0.394 e. The zero-order chi connectivity index (χ0) is 29.3. The van der Waals surface area contributed by atoms with Gasteiger partial charge in [0.05, 0.1) is 6.04 Å². The summed E-state index contributed by atoms with van der Waals surface area (Å²) in [6.45, 7) is 3.02. The second-order valence-electron chi connectivity index (χ2n) is 10.6. The Morgan fingerprint density at radius 1 is 0.805 bits per heavy atom. The standard InChI is InChI=1S/C34H44N2O4S/c1-2-3-4-5-6-7-8-9-10-14-22-35-32(37)29-19-17-28(18-20-29)25-36(33(38)34(39)40)31(30-21-23-41-26-30)24-27-15-12-11-13-16-27/h11-13,15-21,23,26,31H,2-10,14,22,24-25H2,1H3,(H,35,37)(H,39,40). The molecule has 0 saturated carbocycles. The molecular formula is C34H44N2O4S. The Morgan fingerprint density at radius 3 is 2.02 bits per heavy atom. The number of nitrogens with one attached hydrogen (secondary N) is 1. The van der Waals surface area contributed by atoms with Crippen LogP contribution < -0.4 is 5.32 Å². The van der Waals surface area contributed by atoms with Crippen molar-refractivity contribution in [2.75, 3.05) is 6.54 Å². The molecule has 1 atom stereocenters. The number of amides is 2. The Balaban J connectivity index is 1.53. The molecule has 2 amide bonds. The number of carbonyl (C=O) groups excluding carboxylic acids is 2. The number of thiophene rings is 1. The summed E-state index contributed by atoms with van der Waals surface area (Å²) in [6.07, 6.45) is 13.0. The van der Waals surface area contributed by atoms with Gasteiger partial charge in [0.15, 0.2) is 0 Å². The Hall–Kier alpha value is -3.45. The van der Waals surface area contributed by atoms with Gasteiger partial charge in [-0.15, -0.1) is 0 Å². The lowest BCUT2D eigenvalue weighted by Crippen LogP contribution is -2.39. The van der Waals surface area contributed by atoms with Crippen molar-refractivity contribution < 1.29 is 19.5 Å². The van der Waals surface area contributed by atoms with Crippen molar-refractivity contribution in [1.82, 2.24) is 10.2 Å². The number of carboxylic acid groups (broad SMARTS) is 1. The van der Waals surface area contributed by atoms with E-state index in [1.54, 1.807) is 24.3 Å². The molecule has 1 heterocycles. The molecule has 41 heavy (non-hydrogen) atoms. The van der Waals surface area contributed by atoms with Crippen molar-refractivity contribution in [3.63, 3.8) is 0 Å². The highest BCUT2D eigenvalue weighted by Gasteiger charge is 2.30. The number of benzene rings is 2. The lowest BCUT2D eigenvalue weighted by atomic mass is 9.98. The maximum absolute atomic E-state index is 12.9. The first-order valence-electron chi connectivity index (χ1n) is 15.0. The van der Waals surface area contributed by atoms with Crippen LogP contribution in [0.1, 0.15) is 104 Å². The van der Waals surface area contributed by atoms with Crippen molar-refractivity contribution in [2.45, 2.75) is 90.1 Å². The number of unbranched alkanes of at least 4 members (excludes halogenated alkanes) is 9. The summed E-state index contributed by atoms with van der Waals surface area (Å²) in [7, 11) is 0. The Morgan fingerprint density at radius 2 is 1.44 bits per heavy atom. The number of hydrogen-bond acceptors (Lipinski definition) is 4. The average molecular weight is 577 g/mol. The van der Waals surface area contributed by atoms with Gasteiger partial charge in [0.2, 0.25) is 0 Å². The molecule has 0 radical (unpaired) electrons. The molecule has 0 bridgehead atoms. The van der Waals surface area contributed by atoms with Crippen molar-refractivity contribution in [1.29, 1.82) is 0 Å². The van der Waals surface area contributed by atoms with Gasteiger partial charge >= 0.3 is 11.9 Å². The predicted octanol–water partition coefficient (Wildman–Crippen LogP) is 7.80. The zero-order valence-corrected chi connectivity index (χ0v) is 25.0. The first-order valence-corrected chi connectivity index (χ1v) is 15.9. The van der Waals surface area contributed by atoms with Crippen LogP contribution in [0.15, 0.2) is 71.4 Å². The lowest BCUT2D eigenvalue weighted by Gasteiger charge is -2.31. The molecule has 0 aliphatic rings. The van der Waals surface area contributed by atoms with E-state index < -0.39 is 17.9 Å². The number of hydrogen-bond donors (Lipinski definition) is 2. The van der Waals surface area contributed by atoms with E-state index in [9.17, 15) is 19.5 Å². The number of aliphatic carboxylic acids is 1. The van der Waals surface area contributed by atoms with Crippen LogP contribution in [-0.4, -0.2) is 34.3 Å². The van der Waals surface area contributed by atoms with Gasteiger partial charge in [0.25, 0.3) is 5.91 Å². The van der Waals surface area contributed by atoms with Crippen LogP contribution in [0.5, 0.6) is 0 Å². The van der Waals surface area contributed by atoms with E-state index in [0.717, 1.165) is 29.5 Å². The van der Waals surface area contributed by atoms with E-state index >= 15 is 0 Å². The van der Waals surface area contributed by atoms with E-state index in [4.69, 9.17) is 0 Å². The zero-order valence-electron chi connectivity index (χ0n) is 24.2. The predicted molar refractivity (Wildman–Crippen MR) is 166 cm³/mol. The molecule has 0 saturated heterocycles. The third-order valence-electron chi connectivity index (χ3n) is 7.40. The Kier molecular flexibility index (Phi) is 14.1. The fourth-order valence-electron chi connectivity index (χ4n) is 5.03. The molecule has 1 unspecified atom stereocenters. The highest BCUT2D eigenvalue weighted by molar-refractivity contribution is 7.08. The summed E-state index contributed by atoms with van der Waals surface area (Å²) in [5.41, 5.74) is 3.23. The summed E-state index contributed by atoms with van der Waals surface area (Å²) in [5, 5.41) is 16.5. The molecule has 0 spiro atoms. The quantitative estimate of drug-likeness (QED) is 0.119. The third-order valence-corrected chi connectivity index (χ3v) is 8.11. The number of rotatable bonds is 18. The van der Waals surface area contributed by atoms with Gasteiger partial charge in [0.1, 0.15) is 0 Å². The van der Waals surface area contributed by atoms with Crippen LogP contribution >= 0.6 is 11.3 Å². The first kappa shape index (κ1) is 32.1. The maximum atomic E-state index is 12.9. The number of nitrogens with zero attached hydrogens (tertiary/aromatic N) is 1. The molecule has 1 aromatic heterocycles. The average Bonchev–Trinajstić information content (AvgIpc) is 3.53. The van der Waals surface area contributed by atoms with Gasteiger partial charge in [-0.25, -0.2) is 4.79 Å². The lowest BCUT2D eigenvalue weighted by molar-refractivity contribution is -0.157. The summed E-state index contributed by atoms with van der Waals surface area (Å²) >= 11 is 1.51. The molecule has 0 fully saturated rings. The van der Waals surface area contributed by atoms with E-state index in [0.29, 0.717) is 18.5 Å². The normalized spacial score (nSPS) is 11.6. The van der Waals surface area contributed by atoms with Gasteiger partial charge in [-0.05, 0) is 58.5 Å². The van der Waals surface area contributed by atoms with Crippen LogP contribution in [0, 0.1) is 0 Å². The molecule has 0 aliphatic heterocycles. The van der Waals surface area contributed by atoms with Crippen LogP contribution in [0.4, 0.5) is 0 Å². The largest absolute Gasteiger partial charge is 0.474 e. The molecule has 0 aliphatic carbocycles. The van der Waals surface area contributed by atoms with Crippen LogP contribution in [0.2, 0.25) is 0 Å². The van der Waals surface area contributed by atoms with Gasteiger partial charge in [-0.3, -0.25) is 9.59 Å². The fraction of sp³-hybridized carbons (Fsp3) is 0.441. The number of carbonyl (C=O) groups is 3. The minimum atomic E-state index is -1.48. The van der Waals surface area contributed by atoms with Crippen molar-refractivity contribution >= 4 is 29.1 Å². The first-order chi connectivity index (χ1) is 20.0. The molecule has 3 aromatic rings. The Labute approximate surface area is 248 Å². The van der Waals surface area contributed by atoms with Gasteiger partial charge in [-0.1, -0.05) is 107 Å². The molecule has 2 N–H and O–H groups in total. The Bertz CT molecular complexity index is 1180. The summed E-state index contributed by atoms with van der Waals surface area (Å²) in [6, 6.07) is 18.3. The summed E-state index contributed by atoms with van der Waals surface area (Å²) in [4.78, 5) is 38.8. The SMILES string of the molecule is CCCCCCCCCCCCNC(=O)c1ccc(CN(C(=O)C(=O)O)C(Cc2ccccc2)c2ccsc2)cc1. The monoisotopic (exact) mass is 576 g/mol. The highest BCUT2D eigenvalue weighted by Crippen LogP contribution is 2.29.